The average molecular weight is 363 g/mol. The number of carbonyl (C=O) groups is 1. The summed E-state index contributed by atoms with van der Waals surface area (Å²) in [5.74, 6) is -0.0475. The Morgan fingerprint density at radius 2 is 2.19 bits per heavy atom. The second-order valence-electron chi connectivity index (χ2n) is 6.56. The van der Waals surface area contributed by atoms with Crippen molar-refractivity contribution < 1.29 is 9.53 Å². The van der Waals surface area contributed by atoms with Crippen LogP contribution in [0.15, 0.2) is 54.7 Å². The minimum Gasteiger partial charge on any atom is -0.376 e. The van der Waals surface area contributed by atoms with Crippen LogP contribution in [0.4, 0.5) is 0 Å². The van der Waals surface area contributed by atoms with Crippen LogP contribution in [0.25, 0.3) is 11.7 Å². The number of nitrogens with zero attached hydrogens (tertiary/aromatic N) is 5. The molecule has 0 saturated carbocycles. The number of hydrogen-bond acceptors (Lipinski definition) is 5. The number of carbonyl (C=O) groups excluding carboxylic acids is 1. The molecule has 27 heavy (non-hydrogen) atoms. The number of ether oxygens (including phenoxy) is 1. The number of hydrogen-bond donors (Lipinski definition) is 0. The van der Waals surface area contributed by atoms with E-state index in [1.165, 1.54) is 4.52 Å². The van der Waals surface area contributed by atoms with Gasteiger partial charge < -0.3 is 9.64 Å². The van der Waals surface area contributed by atoms with Crippen LogP contribution in [-0.2, 0) is 4.74 Å². The molecule has 1 aliphatic heterocycles. The zero-order valence-electron chi connectivity index (χ0n) is 14.9. The van der Waals surface area contributed by atoms with E-state index >= 15 is 0 Å². The predicted octanol–water partition coefficient (Wildman–Crippen LogP) is 2.46. The average Bonchev–Trinajstić information content (AvgIpc) is 3.38. The second kappa shape index (κ2) is 8.09. The highest BCUT2D eigenvalue weighted by atomic mass is 16.5. The Morgan fingerprint density at radius 1 is 1.30 bits per heavy atom. The monoisotopic (exact) mass is 363 g/mol. The Bertz CT molecular complexity index is 932. The largest absolute Gasteiger partial charge is 0.376 e. The SMILES string of the molecule is O=C(c1ccn2nnnc2c1)N(C/C=C/c1ccccc1)C[C@H]1CCCO1. The molecular formula is C20H21N5O2. The molecule has 0 unspecified atom stereocenters. The fraction of sp³-hybridized carbons (Fsp3) is 0.300. The van der Waals surface area contributed by atoms with Crippen LogP contribution in [0.2, 0.25) is 0 Å². The van der Waals surface area contributed by atoms with Gasteiger partial charge in [0, 0.05) is 31.5 Å². The second-order valence-corrected chi connectivity index (χ2v) is 6.56. The summed E-state index contributed by atoms with van der Waals surface area (Å²) in [6.45, 7) is 1.86. The minimum atomic E-state index is -0.0475. The number of amides is 1. The van der Waals surface area contributed by atoms with Crippen LogP contribution >= 0.6 is 0 Å². The lowest BCUT2D eigenvalue weighted by molar-refractivity contribution is 0.0554. The Morgan fingerprint density at radius 3 is 3.00 bits per heavy atom. The highest BCUT2D eigenvalue weighted by Gasteiger charge is 2.23. The summed E-state index contributed by atoms with van der Waals surface area (Å²) in [5, 5.41) is 11.4. The number of benzene rings is 1. The number of aromatic nitrogens is 4. The van der Waals surface area contributed by atoms with Gasteiger partial charge >= 0.3 is 0 Å². The lowest BCUT2D eigenvalue weighted by Gasteiger charge is -2.24. The normalized spacial score (nSPS) is 17.0. The van der Waals surface area contributed by atoms with E-state index in [-0.39, 0.29) is 12.0 Å². The van der Waals surface area contributed by atoms with E-state index in [9.17, 15) is 4.79 Å². The van der Waals surface area contributed by atoms with Crippen LogP contribution < -0.4 is 0 Å². The number of tetrazole rings is 1. The Hall–Kier alpha value is -3.06. The van der Waals surface area contributed by atoms with E-state index in [2.05, 4.69) is 15.5 Å². The maximum Gasteiger partial charge on any atom is 0.254 e. The minimum absolute atomic E-state index is 0.0475. The number of fused-ring (bicyclic) bond motifs is 1. The molecule has 3 aromatic rings. The molecule has 0 aliphatic carbocycles. The topological polar surface area (TPSA) is 72.6 Å². The third-order valence-electron chi connectivity index (χ3n) is 4.62. The summed E-state index contributed by atoms with van der Waals surface area (Å²) in [5.41, 5.74) is 2.24. The third kappa shape index (κ3) is 4.20. The zero-order chi connectivity index (χ0) is 18.5. The van der Waals surface area contributed by atoms with Crippen molar-refractivity contribution in [2.45, 2.75) is 18.9 Å². The molecule has 0 N–H and O–H groups in total. The molecule has 1 aromatic carbocycles. The Kier molecular flexibility index (Phi) is 5.20. The highest BCUT2D eigenvalue weighted by molar-refractivity contribution is 5.95. The van der Waals surface area contributed by atoms with Crippen molar-refractivity contribution in [1.82, 2.24) is 24.9 Å². The first-order chi connectivity index (χ1) is 13.3. The first-order valence-corrected chi connectivity index (χ1v) is 9.10. The highest BCUT2D eigenvalue weighted by Crippen LogP contribution is 2.16. The smallest absolute Gasteiger partial charge is 0.254 e. The van der Waals surface area contributed by atoms with Crippen molar-refractivity contribution in [3.8, 4) is 0 Å². The van der Waals surface area contributed by atoms with Crippen LogP contribution in [0.5, 0.6) is 0 Å². The lowest BCUT2D eigenvalue weighted by Crippen LogP contribution is -2.37. The van der Waals surface area contributed by atoms with Gasteiger partial charge in [0.1, 0.15) is 0 Å². The van der Waals surface area contributed by atoms with Crippen LogP contribution in [0, 0.1) is 0 Å². The summed E-state index contributed by atoms with van der Waals surface area (Å²) < 4.78 is 7.28. The fourth-order valence-electron chi connectivity index (χ4n) is 3.21. The van der Waals surface area contributed by atoms with Crippen molar-refractivity contribution in [2.24, 2.45) is 0 Å². The molecule has 0 bridgehead atoms. The van der Waals surface area contributed by atoms with E-state index in [4.69, 9.17) is 4.74 Å². The number of pyridine rings is 1. The molecule has 0 radical (unpaired) electrons. The van der Waals surface area contributed by atoms with Gasteiger partial charge in [0.25, 0.3) is 5.91 Å². The van der Waals surface area contributed by atoms with Crippen molar-refractivity contribution >= 4 is 17.6 Å². The van der Waals surface area contributed by atoms with Gasteiger partial charge in [-0.15, -0.1) is 5.10 Å². The van der Waals surface area contributed by atoms with Gasteiger partial charge in [0.2, 0.25) is 0 Å². The van der Waals surface area contributed by atoms with Gasteiger partial charge in [-0.05, 0) is 41.0 Å². The summed E-state index contributed by atoms with van der Waals surface area (Å²) in [6.07, 6.45) is 7.87. The van der Waals surface area contributed by atoms with Gasteiger partial charge in [-0.1, -0.05) is 42.5 Å². The molecule has 4 rings (SSSR count). The van der Waals surface area contributed by atoms with Crippen molar-refractivity contribution in [3.05, 3.63) is 65.9 Å². The fourth-order valence-corrected chi connectivity index (χ4v) is 3.21. The molecule has 1 saturated heterocycles. The first kappa shape index (κ1) is 17.4. The van der Waals surface area contributed by atoms with Gasteiger partial charge in [0.05, 0.1) is 6.10 Å². The van der Waals surface area contributed by atoms with Gasteiger partial charge in [-0.3, -0.25) is 4.79 Å². The first-order valence-electron chi connectivity index (χ1n) is 9.10. The van der Waals surface area contributed by atoms with Gasteiger partial charge in [-0.25, -0.2) is 4.52 Å². The Balaban J connectivity index is 1.52. The predicted molar refractivity (Wildman–Crippen MR) is 101 cm³/mol. The van der Waals surface area contributed by atoms with Crippen LogP contribution in [-0.4, -0.2) is 56.6 Å². The molecular weight excluding hydrogens is 342 g/mol. The summed E-state index contributed by atoms with van der Waals surface area (Å²) >= 11 is 0. The van der Waals surface area contributed by atoms with E-state index in [0.29, 0.717) is 24.3 Å². The maximum atomic E-state index is 13.1. The summed E-state index contributed by atoms with van der Waals surface area (Å²) in [7, 11) is 0. The van der Waals surface area contributed by atoms with Crippen molar-refractivity contribution in [3.63, 3.8) is 0 Å². The quantitative estimate of drug-likeness (QED) is 0.673. The third-order valence-corrected chi connectivity index (χ3v) is 4.62. The number of rotatable bonds is 6. The maximum absolute atomic E-state index is 13.1. The standard InChI is InChI=1S/C20H21N5O2/c26-20(17-10-12-25-19(14-17)21-22-23-25)24(15-18-9-5-13-27-18)11-4-8-16-6-2-1-3-7-16/h1-4,6-8,10,12,14,18H,5,9,11,13,15H2/b8-4+/t18-/m1/s1. The summed E-state index contributed by atoms with van der Waals surface area (Å²) in [6, 6.07) is 13.5. The van der Waals surface area contributed by atoms with Crippen molar-refractivity contribution in [2.75, 3.05) is 19.7 Å². The van der Waals surface area contributed by atoms with Crippen LogP contribution in [0.3, 0.4) is 0 Å². The van der Waals surface area contributed by atoms with E-state index < -0.39 is 0 Å². The molecule has 0 spiro atoms. The van der Waals surface area contributed by atoms with E-state index in [1.807, 2.05) is 47.4 Å². The molecule has 1 amide bonds. The van der Waals surface area contributed by atoms with Crippen LogP contribution in [0.1, 0.15) is 28.8 Å². The Labute approximate surface area is 157 Å². The van der Waals surface area contributed by atoms with Crippen molar-refractivity contribution in [1.29, 1.82) is 0 Å². The molecule has 1 atom stereocenters. The summed E-state index contributed by atoms with van der Waals surface area (Å²) in [4.78, 5) is 14.9. The molecule has 7 nitrogen and oxygen atoms in total. The molecule has 3 heterocycles. The lowest BCUT2D eigenvalue weighted by atomic mass is 10.1. The zero-order valence-corrected chi connectivity index (χ0v) is 14.9. The molecule has 7 heteroatoms. The molecule has 1 fully saturated rings. The van der Waals surface area contributed by atoms with E-state index in [0.717, 1.165) is 25.0 Å². The molecule has 1 aliphatic rings. The molecule has 2 aromatic heterocycles. The van der Waals surface area contributed by atoms with E-state index in [1.54, 1.807) is 18.3 Å². The molecule has 138 valence electrons. The van der Waals surface area contributed by atoms with Gasteiger partial charge in [-0.2, -0.15) is 0 Å². The van der Waals surface area contributed by atoms with Gasteiger partial charge in [0.15, 0.2) is 5.65 Å².